The highest BCUT2D eigenvalue weighted by molar-refractivity contribution is 7.05. The average Bonchev–Trinajstić information content (AvgIpc) is 3.25. The van der Waals surface area contributed by atoms with Crippen molar-refractivity contribution in [1.82, 2.24) is 20.3 Å². The Kier molecular flexibility index (Phi) is 8.53. The molecule has 2 heterocycles. The monoisotopic (exact) mass is 472 g/mol. The molecule has 3 rings (SSSR count). The molecule has 0 spiro atoms. The molecule has 2 aromatic rings. The van der Waals surface area contributed by atoms with E-state index in [1.807, 2.05) is 30.3 Å². The summed E-state index contributed by atoms with van der Waals surface area (Å²) in [6.07, 6.45) is 2.63. The largest absolute Gasteiger partial charge is 0.445 e. The summed E-state index contributed by atoms with van der Waals surface area (Å²) in [7, 11) is 0. The molecule has 9 nitrogen and oxygen atoms in total. The van der Waals surface area contributed by atoms with Crippen molar-refractivity contribution >= 4 is 35.2 Å². The van der Waals surface area contributed by atoms with Crippen LogP contribution in [0.25, 0.3) is 0 Å². The number of fused-ring (bicyclic) bond motifs is 1. The van der Waals surface area contributed by atoms with Gasteiger partial charge in [0.15, 0.2) is 0 Å². The highest BCUT2D eigenvalue weighted by Crippen LogP contribution is 2.18. The van der Waals surface area contributed by atoms with Gasteiger partial charge in [-0.05, 0) is 47.8 Å². The van der Waals surface area contributed by atoms with E-state index in [2.05, 4.69) is 20.3 Å². The number of carbonyl (C=O) groups is 4. The number of hydrogen-bond donors (Lipinski definition) is 3. The van der Waals surface area contributed by atoms with Gasteiger partial charge in [0.25, 0.3) is 5.91 Å². The first-order valence-electron chi connectivity index (χ1n) is 10.9. The average molecular weight is 473 g/mol. The quantitative estimate of drug-likeness (QED) is 0.553. The van der Waals surface area contributed by atoms with Crippen molar-refractivity contribution in [3.8, 4) is 0 Å². The van der Waals surface area contributed by atoms with Gasteiger partial charge in [0.1, 0.15) is 12.6 Å². The van der Waals surface area contributed by atoms with Gasteiger partial charge in [0.05, 0.1) is 12.6 Å². The Labute approximate surface area is 196 Å². The van der Waals surface area contributed by atoms with Gasteiger partial charge in [-0.15, -0.1) is 0 Å². The number of hydrogen-bond acceptors (Lipinski definition) is 7. The summed E-state index contributed by atoms with van der Waals surface area (Å²) in [4.78, 5) is 51.2. The van der Waals surface area contributed by atoms with Crippen molar-refractivity contribution < 1.29 is 23.9 Å². The van der Waals surface area contributed by atoms with Crippen LogP contribution in [0.5, 0.6) is 0 Å². The molecule has 1 aromatic carbocycles. The van der Waals surface area contributed by atoms with E-state index in [9.17, 15) is 19.2 Å². The fourth-order valence-corrected chi connectivity index (χ4v) is 4.21. The normalized spacial score (nSPS) is 17.5. The molecule has 1 aliphatic rings. The molecule has 176 valence electrons. The number of carbonyl (C=O) groups excluding carboxylic acids is 4. The molecule has 0 bridgehead atoms. The number of alkyl carbamates (subject to hydrolysis) is 1. The molecule has 0 fully saturated rings. The van der Waals surface area contributed by atoms with Crippen LogP contribution in [0.4, 0.5) is 4.79 Å². The van der Waals surface area contributed by atoms with Crippen LogP contribution in [-0.4, -0.2) is 40.1 Å². The van der Waals surface area contributed by atoms with E-state index in [1.54, 1.807) is 20.0 Å². The number of nitrogens with one attached hydrogen (secondary N) is 3. The van der Waals surface area contributed by atoms with Gasteiger partial charge in [-0.1, -0.05) is 44.2 Å². The van der Waals surface area contributed by atoms with E-state index in [1.165, 1.54) is 11.5 Å². The first-order valence-corrected chi connectivity index (χ1v) is 11.6. The van der Waals surface area contributed by atoms with Crippen molar-refractivity contribution in [2.45, 2.75) is 58.3 Å². The van der Waals surface area contributed by atoms with Crippen LogP contribution in [0.2, 0.25) is 0 Å². The van der Waals surface area contributed by atoms with Crippen LogP contribution in [-0.2, 0) is 38.7 Å². The molecular formula is C23H28N4O5S. The maximum absolute atomic E-state index is 13.0. The second kappa shape index (κ2) is 11.6. The number of rotatable bonds is 6. The van der Waals surface area contributed by atoms with Gasteiger partial charge in [0, 0.05) is 11.1 Å². The van der Waals surface area contributed by atoms with Gasteiger partial charge >= 0.3 is 6.09 Å². The Balaban J connectivity index is 1.61. The number of Topliss-reactive ketones (excluding diaryl/α,β-unsaturated/α-hetero) is 1. The summed E-state index contributed by atoms with van der Waals surface area (Å²) in [6.45, 7) is 3.85. The number of ether oxygens (including phenoxy) is 1. The lowest BCUT2D eigenvalue weighted by atomic mass is 9.98. The van der Waals surface area contributed by atoms with Crippen LogP contribution in [0, 0.1) is 5.92 Å². The maximum Gasteiger partial charge on any atom is 0.408 e. The van der Waals surface area contributed by atoms with Gasteiger partial charge in [-0.3, -0.25) is 14.4 Å². The standard InChI is InChI=1S/C23H28N4O5S/c1-14(2)19(27-23(31)32-13-15-7-4-3-5-8-15)21(29)26-17-10-6-9-16-11-25-33-18(16)12-24-22(30)20(17)28/h3-5,7-8,11,14,17,19H,6,9-10,12-13H2,1-2H3,(H,24,30)(H,26,29)(H,27,31). The minimum absolute atomic E-state index is 0.0693. The first-order chi connectivity index (χ1) is 15.8. The number of aromatic nitrogens is 1. The van der Waals surface area contributed by atoms with E-state index >= 15 is 0 Å². The van der Waals surface area contributed by atoms with Crippen molar-refractivity contribution in [3.63, 3.8) is 0 Å². The lowest BCUT2D eigenvalue weighted by Crippen LogP contribution is -2.55. The first kappa shape index (κ1) is 24.4. The van der Waals surface area contributed by atoms with Crippen molar-refractivity contribution in [3.05, 3.63) is 52.5 Å². The predicted molar refractivity (Wildman–Crippen MR) is 122 cm³/mol. The SMILES string of the molecule is CC(C)C(NC(=O)OCc1ccccc1)C(=O)NC1CCCc2cnsc2CNC(=O)C1=O. The van der Waals surface area contributed by atoms with Gasteiger partial charge in [-0.2, -0.15) is 0 Å². The van der Waals surface area contributed by atoms with Crippen LogP contribution >= 0.6 is 11.5 Å². The van der Waals surface area contributed by atoms with Gasteiger partial charge in [-0.25, -0.2) is 9.17 Å². The second-order valence-electron chi connectivity index (χ2n) is 8.20. The Morgan fingerprint density at radius 3 is 2.73 bits per heavy atom. The van der Waals surface area contributed by atoms with Crippen LogP contribution < -0.4 is 16.0 Å². The number of benzene rings is 1. The smallest absolute Gasteiger partial charge is 0.408 e. The lowest BCUT2D eigenvalue weighted by Gasteiger charge is -2.25. The van der Waals surface area contributed by atoms with Crippen LogP contribution in [0.1, 0.15) is 42.7 Å². The molecule has 2 unspecified atom stereocenters. The highest BCUT2D eigenvalue weighted by atomic mass is 32.1. The topological polar surface area (TPSA) is 126 Å². The number of amides is 3. The zero-order chi connectivity index (χ0) is 23.8. The molecule has 1 aromatic heterocycles. The van der Waals surface area contributed by atoms with E-state index in [4.69, 9.17) is 4.74 Å². The number of nitrogens with zero attached hydrogens (tertiary/aromatic N) is 1. The molecule has 33 heavy (non-hydrogen) atoms. The fourth-order valence-electron chi connectivity index (χ4n) is 3.49. The zero-order valence-corrected chi connectivity index (χ0v) is 19.4. The lowest BCUT2D eigenvalue weighted by molar-refractivity contribution is -0.140. The van der Waals surface area contributed by atoms with Crippen molar-refractivity contribution in [2.24, 2.45) is 5.92 Å². The van der Waals surface area contributed by atoms with Crippen LogP contribution in [0.3, 0.4) is 0 Å². The minimum Gasteiger partial charge on any atom is -0.445 e. The number of aryl methyl sites for hydroxylation is 1. The summed E-state index contributed by atoms with van der Waals surface area (Å²) < 4.78 is 9.36. The summed E-state index contributed by atoms with van der Waals surface area (Å²) in [5.41, 5.74) is 1.85. The molecule has 0 radical (unpaired) electrons. The Hall–Kier alpha value is -3.27. The van der Waals surface area contributed by atoms with E-state index < -0.39 is 35.8 Å². The third-order valence-electron chi connectivity index (χ3n) is 5.37. The third kappa shape index (κ3) is 6.85. The Morgan fingerprint density at radius 2 is 2.00 bits per heavy atom. The molecule has 1 aliphatic heterocycles. The molecule has 10 heteroatoms. The number of ketones is 1. The maximum atomic E-state index is 13.0. The highest BCUT2D eigenvalue weighted by Gasteiger charge is 2.32. The van der Waals surface area contributed by atoms with Crippen molar-refractivity contribution in [2.75, 3.05) is 0 Å². The molecule has 0 saturated heterocycles. The minimum atomic E-state index is -0.978. The van der Waals surface area contributed by atoms with Crippen molar-refractivity contribution in [1.29, 1.82) is 0 Å². The van der Waals surface area contributed by atoms with E-state index in [-0.39, 0.29) is 19.1 Å². The molecular weight excluding hydrogens is 444 g/mol. The summed E-state index contributed by atoms with van der Waals surface area (Å²) >= 11 is 1.30. The zero-order valence-electron chi connectivity index (χ0n) is 18.6. The molecule has 3 amide bonds. The second-order valence-corrected chi connectivity index (χ2v) is 9.09. The fraction of sp³-hybridized carbons (Fsp3) is 0.435. The Morgan fingerprint density at radius 1 is 1.24 bits per heavy atom. The summed E-state index contributed by atoms with van der Waals surface area (Å²) in [5.74, 6) is -2.26. The van der Waals surface area contributed by atoms with Gasteiger partial charge in [0.2, 0.25) is 11.7 Å². The Bertz CT molecular complexity index is 992. The molecule has 0 saturated carbocycles. The summed E-state index contributed by atoms with van der Waals surface area (Å²) in [6, 6.07) is 7.28. The van der Waals surface area contributed by atoms with E-state index in [0.29, 0.717) is 19.3 Å². The predicted octanol–water partition coefficient (Wildman–Crippen LogP) is 2.10. The molecule has 3 N–H and O–H groups in total. The molecule has 0 aliphatic carbocycles. The summed E-state index contributed by atoms with van der Waals surface area (Å²) in [5, 5.41) is 7.84. The van der Waals surface area contributed by atoms with Gasteiger partial charge < -0.3 is 20.7 Å². The van der Waals surface area contributed by atoms with Crippen LogP contribution in [0.15, 0.2) is 36.5 Å². The molecule has 2 atom stereocenters. The van der Waals surface area contributed by atoms with E-state index in [0.717, 1.165) is 16.0 Å². The third-order valence-corrected chi connectivity index (χ3v) is 6.21.